The minimum absolute atomic E-state index is 0.102. The highest BCUT2D eigenvalue weighted by atomic mass is 16.5. The number of nitrogens with one attached hydrogen (secondary N) is 1. The number of likely N-dealkylation sites (tertiary alicyclic amines) is 1. The standard InChI is InChI=1S/C18H22N4O3/c1-13(23)20-15-10-19-22(11-15)16-6-7-21(12-16)18(24)9-14-4-3-5-17(8-14)25-2/h3-5,8,10-11,16H,6-7,9,12H2,1-2H3,(H,20,23). The summed E-state index contributed by atoms with van der Waals surface area (Å²) in [5.41, 5.74) is 1.62. The van der Waals surface area contributed by atoms with Gasteiger partial charge in [-0.3, -0.25) is 14.3 Å². The van der Waals surface area contributed by atoms with Crippen LogP contribution in [0, 0.1) is 0 Å². The van der Waals surface area contributed by atoms with Crippen LogP contribution in [0.15, 0.2) is 36.7 Å². The van der Waals surface area contributed by atoms with Gasteiger partial charge in [0.15, 0.2) is 0 Å². The summed E-state index contributed by atoms with van der Waals surface area (Å²) < 4.78 is 7.02. The monoisotopic (exact) mass is 342 g/mol. The topological polar surface area (TPSA) is 76.5 Å². The zero-order valence-electron chi connectivity index (χ0n) is 14.4. The number of nitrogens with zero attached hydrogens (tertiary/aromatic N) is 3. The van der Waals surface area contributed by atoms with Gasteiger partial charge in [0.25, 0.3) is 0 Å². The molecule has 1 fully saturated rings. The highest BCUT2D eigenvalue weighted by Crippen LogP contribution is 2.23. The number of ether oxygens (including phenoxy) is 1. The molecule has 2 aromatic rings. The third kappa shape index (κ3) is 4.17. The number of carbonyl (C=O) groups is 2. The fraction of sp³-hybridized carbons (Fsp3) is 0.389. The van der Waals surface area contributed by atoms with Crippen molar-refractivity contribution in [2.75, 3.05) is 25.5 Å². The number of rotatable bonds is 5. The summed E-state index contributed by atoms with van der Waals surface area (Å²) >= 11 is 0. The zero-order valence-corrected chi connectivity index (χ0v) is 14.4. The van der Waals surface area contributed by atoms with Crippen molar-refractivity contribution in [3.63, 3.8) is 0 Å². The van der Waals surface area contributed by atoms with Crippen molar-refractivity contribution < 1.29 is 14.3 Å². The average molecular weight is 342 g/mol. The van der Waals surface area contributed by atoms with E-state index in [0.29, 0.717) is 25.2 Å². The third-order valence-corrected chi connectivity index (χ3v) is 4.30. The van der Waals surface area contributed by atoms with Gasteiger partial charge in [-0.05, 0) is 24.1 Å². The molecule has 1 aromatic carbocycles. The Bertz CT molecular complexity index is 771. The molecule has 132 valence electrons. The molecule has 1 unspecified atom stereocenters. The number of hydrogen-bond donors (Lipinski definition) is 1. The summed E-state index contributed by atoms with van der Waals surface area (Å²) in [5.74, 6) is 0.734. The van der Waals surface area contributed by atoms with Gasteiger partial charge >= 0.3 is 0 Å². The number of amides is 2. The van der Waals surface area contributed by atoms with Crippen molar-refractivity contribution >= 4 is 17.5 Å². The van der Waals surface area contributed by atoms with Crippen LogP contribution in [-0.2, 0) is 16.0 Å². The summed E-state index contributed by atoms with van der Waals surface area (Å²) in [6.07, 6.45) is 4.65. The lowest BCUT2D eigenvalue weighted by Crippen LogP contribution is -2.30. The van der Waals surface area contributed by atoms with Gasteiger partial charge in [-0.2, -0.15) is 5.10 Å². The Labute approximate surface area is 146 Å². The largest absolute Gasteiger partial charge is 0.497 e. The van der Waals surface area contributed by atoms with E-state index in [4.69, 9.17) is 4.74 Å². The maximum atomic E-state index is 12.5. The molecule has 1 aliphatic heterocycles. The molecule has 2 heterocycles. The van der Waals surface area contributed by atoms with E-state index >= 15 is 0 Å². The van der Waals surface area contributed by atoms with Crippen LogP contribution in [0.2, 0.25) is 0 Å². The number of methoxy groups -OCH3 is 1. The third-order valence-electron chi connectivity index (χ3n) is 4.30. The van der Waals surface area contributed by atoms with Crippen LogP contribution in [0.1, 0.15) is 24.9 Å². The molecular weight excluding hydrogens is 320 g/mol. The molecule has 7 nitrogen and oxygen atoms in total. The first kappa shape index (κ1) is 17.0. The van der Waals surface area contributed by atoms with Gasteiger partial charge in [0, 0.05) is 26.2 Å². The van der Waals surface area contributed by atoms with E-state index in [9.17, 15) is 9.59 Å². The van der Waals surface area contributed by atoms with E-state index in [1.165, 1.54) is 6.92 Å². The predicted molar refractivity (Wildman–Crippen MR) is 93.5 cm³/mol. The van der Waals surface area contributed by atoms with E-state index in [1.54, 1.807) is 13.3 Å². The maximum absolute atomic E-state index is 12.5. The summed E-state index contributed by atoms with van der Waals surface area (Å²) in [6.45, 7) is 2.80. The molecule has 1 N–H and O–H groups in total. The van der Waals surface area contributed by atoms with E-state index in [1.807, 2.05) is 40.0 Å². The second kappa shape index (κ2) is 7.38. The Balaban J connectivity index is 1.59. The molecule has 2 amide bonds. The fourth-order valence-electron chi connectivity index (χ4n) is 3.06. The fourth-order valence-corrected chi connectivity index (χ4v) is 3.06. The summed E-state index contributed by atoms with van der Waals surface area (Å²) in [5, 5.41) is 7.01. The lowest BCUT2D eigenvalue weighted by molar-refractivity contribution is -0.129. The molecule has 0 saturated carbocycles. The maximum Gasteiger partial charge on any atom is 0.227 e. The first-order chi connectivity index (χ1) is 12.0. The molecule has 0 radical (unpaired) electrons. The smallest absolute Gasteiger partial charge is 0.227 e. The molecule has 0 aliphatic carbocycles. The summed E-state index contributed by atoms with van der Waals surface area (Å²) in [7, 11) is 1.62. The Morgan fingerprint density at radius 1 is 1.40 bits per heavy atom. The molecule has 7 heteroatoms. The number of anilines is 1. The molecule has 3 rings (SSSR count). The average Bonchev–Trinajstić information content (AvgIpc) is 3.23. The van der Waals surface area contributed by atoms with Gasteiger partial charge in [0.1, 0.15) is 5.75 Å². The van der Waals surface area contributed by atoms with Crippen LogP contribution < -0.4 is 10.1 Å². The molecule has 1 aliphatic rings. The first-order valence-electron chi connectivity index (χ1n) is 8.27. The van der Waals surface area contributed by atoms with Crippen molar-refractivity contribution in [1.29, 1.82) is 0 Å². The highest BCUT2D eigenvalue weighted by Gasteiger charge is 2.28. The molecule has 0 spiro atoms. The summed E-state index contributed by atoms with van der Waals surface area (Å²) in [4.78, 5) is 25.5. The molecule has 1 aromatic heterocycles. The second-order valence-electron chi connectivity index (χ2n) is 6.20. The number of hydrogen-bond acceptors (Lipinski definition) is 4. The van der Waals surface area contributed by atoms with Gasteiger partial charge in [0.2, 0.25) is 11.8 Å². The van der Waals surface area contributed by atoms with Gasteiger partial charge in [-0.15, -0.1) is 0 Å². The van der Waals surface area contributed by atoms with E-state index < -0.39 is 0 Å². The predicted octanol–water partition coefficient (Wildman–Crippen LogP) is 1.87. The lowest BCUT2D eigenvalue weighted by Gasteiger charge is -2.17. The highest BCUT2D eigenvalue weighted by molar-refractivity contribution is 5.88. The Morgan fingerprint density at radius 2 is 2.24 bits per heavy atom. The van der Waals surface area contributed by atoms with Crippen LogP contribution in [0.25, 0.3) is 0 Å². The van der Waals surface area contributed by atoms with Crippen molar-refractivity contribution in [2.45, 2.75) is 25.8 Å². The number of aromatic nitrogens is 2. The van der Waals surface area contributed by atoms with Gasteiger partial charge in [-0.25, -0.2) is 0 Å². The van der Waals surface area contributed by atoms with Gasteiger partial charge in [0.05, 0.1) is 31.5 Å². The molecule has 0 bridgehead atoms. The van der Waals surface area contributed by atoms with E-state index in [2.05, 4.69) is 10.4 Å². The van der Waals surface area contributed by atoms with E-state index in [-0.39, 0.29) is 17.9 Å². The van der Waals surface area contributed by atoms with Crippen LogP contribution in [0.3, 0.4) is 0 Å². The van der Waals surface area contributed by atoms with Crippen molar-refractivity contribution in [2.24, 2.45) is 0 Å². The molecular formula is C18H22N4O3. The van der Waals surface area contributed by atoms with Crippen molar-refractivity contribution in [1.82, 2.24) is 14.7 Å². The lowest BCUT2D eigenvalue weighted by atomic mass is 10.1. The van der Waals surface area contributed by atoms with Gasteiger partial charge < -0.3 is 15.0 Å². The Hall–Kier alpha value is -2.83. The molecule has 1 atom stereocenters. The quantitative estimate of drug-likeness (QED) is 0.900. The Kier molecular flexibility index (Phi) is 5.02. The SMILES string of the molecule is COc1cccc(CC(=O)N2CCC(n3cc(NC(C)=O)cn3)C2)c1. The van der Waals surface area contributed by atoms with Crippen LogP contribution in [0.4, 0.5) is 5.69 Å². The minimum atomic E-state index is -0.124. The first-order valence-corrected chi connectivity index (χ1v) is 8.27. The Morgan fingerprint density at radius 3 is 3.00 bits per heavy atom. The second-order valence-corrected chi connectivity index (χ2v) is 6.20. The molecule has 1 saturated heterocycles. The number of carbonyl (C=O) groups excluding carboxylic acids is 2. The normalized spacial score (nSPS) is 16.7. The van der Waals surface area contributed by atoms with Gasteiger partial charge in [-0.1, -0.05) is 12.1 Å². The van der Waals surface area contributed by atoms with Crippen LogP contribution >= 0.6 is 0 Å². The summed E-state index contributed by atoms with van der Waals surface area (Å²) in [6, 6.07) is 7.71. The van der Waals surface area contributed by atoms with Crippen LogP contribution in [0.5, 0.6) is 5.75 Å². The van der Waals surface area contributed by atoms with Crippen molar-refractivity contribution in [3.05, 3.63) is 42.2 Å². The molecule has 25 heavy (non-hydrogen) atoms. The zero-order chi connectivity index (χ0) is 17.8. The van der Waals surface area contributed by atoms with Crippen molar-refractivity contribution in [3.8, 4) is 5.75 Å². The van der Waals surface area contributed by atoms with Crippen LogP contribution in [-0.4, -0.2) is 46.7 Å². The number of benzene rings is 1. The van der Waals surface area contributed by atoms with E-state index in [0.717, 1.165) is 17.7 Å². The minimum Gasteiger partial charge on any atom is -0.497 e.